The molecule has 1 saturated heterocycles. The molecule has 1 aromatic rings. The van der Waals surface area contributed by atoms with Crippen LogP contribution < -0.4 is 10.6 Å². The Morgan fingerprint density at radius 1 is 1.21 bits per heavy atom. The van der Waals surface area contributed by atoms with Crippen LogP contribution in [0.25, 0.3) is 0 Å². The largest absolute Gasteiger partial charge is 0.463 e. The maximum Gasteiger partial charge on any atom is 0.338 e. The topological polar surface area (TPSA) is 94.2 Å². The van der Waals surface area contributed by atoms with Crippen molar-refractivity contribution in [2.75, 3.05) is 46.4 Å². The van der Waals surface area contributed by atoms with Gasteiger partial charge >= 0.3 is 18.0 Å². The molecule has 2 N–H and O–H groups in total. The minimum Gasteiger partial charge on any atom is -0.463 e. The summed E-state index contributed by atoms with van der Waals surface area (Å²) in [6, 6.07) is 3.82. The molecule has 11 heteroatoms. The van der Waals surface area contributed by atoms with Gasteiger partial charge in [-0.25, -0.2) is 14.4 Å². The van der Waals surface area contributed by atoms with Crippen LogP contribution in [0.4, 0.5) is 9.59 Å². The highest BCUT2D eigenvalue weighted by Crippen LogP contribution is 2.34. The van der Waals surface area contributed by atoms with Crippen molar-refractivity contribution < 1.29 is 19.1 Å². The lowest BCUT2D eigenvalue weighted by atomic mass is 9.94. The van der Waals surface area contributed by atoms with Gasteiger partial charge in [0.1, 0.15) is 0 Å². The Balaban J connectivity index is 1.94. The molecule has 2 unspecified atom stereocenters. The van der Waals surface area contributed by atoms with Gasteiger partial charge in [0.15, 0.2) is 0 Å². The molecule has 186 valence electrons. The minimum atomic E-state index is -0.735. The Labute approximate surface area is 210 Å². The number of amides is 4. The summed E-state index contributed by atoms with van der Waals surface area (Å²) in [5, 5.41) is 6.42. The van der Waals surface area contributed by atoms with Crippen LogP contribution in [-0.4, -0.2) is 85.2 Å². The van der Waals surface area contributed by atoms with Crippen molar-refractivity contribution >= 4 is 41.2 Å². The average molecular weight is 512 g/mol. The van der Waals surface area contributed by atoms with E-state index in [0.29, 0.717) is 59.6 Å². The van der Waals surface area contributed by atoms with E-state index in [1.807, 2.05) is 13.8 Å². The molecule has 2 atom stereocenters. The van der Waals surface area contributed by atoms with Gasteiger partial charge in [0.2, 0.25) is 0 Å². The molecule has 3 rings (SSSR count). The number of halogens is 2. The molecule has 1 fully saturated rings. The summed E-state index contributed by atoms with van der Waals surface area (Å²) < 4.78 is 5.37. The summed E-state index contributed by atoms with van der Waals surface area (Å²) in [6.07, 6.45) is 0. The van der Waals surface area contributed by atoms with Crippen molar-refractivity contribution in [1.82, 2.24) is 25.3 Å². The zero-order chi connectivity index (χ0) is 25.0. The normalized spacial score (nSPS) is 21.4. The van der Waals surface area contributed by atoms with Gasteiger partial charge in [0.25, 0.3) is 0 Å². The van der Waals surface area contributed by atoms with Crippen LogP contribution in [0.5, 0.6) is 0 Å². The van der Waals surface area contributed by atoms with Crippen molar-refractivity contribution in [3.63, 3.8) is 0 Å². The Bertz CT molecular complexity index is 986. The highest BCUT2D eigenvalue weighted by molar-refractivity contribution is 6.42. The Morgan fingerprint density at radius 3 is 2.56 bits per heavy atom. The van der Waals surface area contributed by atoms with Gasteiger partial charge < -0.3 is 20.3 Å². The number of hydrogen-bond donors (Lipinski definition) is 2. The molecule has 0 spiro atoms. The van der Waals surface area contributed by atoms with E-state index in [1.54, 1.807) is 37.1 Å². The summed E-state index contributed by atoms with van der Waals surface area (Å²) in [4.78, 5) is 43.7. The monoisotopic (exact) mass is 511 g/mol. The van der Waals surface area contributed by atoms with Crippen LogP contribution in [0, 0.1) is 0 Å². The molecule has 2 heterocycles. The maximum absolute atomic E-state index is 13.1. The summed E-state index contributed by atoms with van der Waals surface area (Å²) >= 11 is 12.3. The van der Waals surface area contributed by atoms with Gasteiger partial charge in [-0.1, -0.05) is 29.3 Å². The SMILES string of the molecule is CCNC(=O)N1CCN(CC2=C(C(=O)OCC)C(c3ccc(Cl)c(Cl)c3)NC(=O)N2C)CC1C. The molecule has 2 aliphatic heterocycles. The van der Waals surface area contributed by atoms with Gasteiger partial charge in [-0.2, -0.15) is 0 Å². The lowest BCUT2D eigenvalue weighted by Crippen LogP contribution is -2.57. The highest BCUT2D eigenvalue weighted by atomic mass is 35.5. The fourth-order valence-corrected chi connectivity index (χ4v) is 4.59. The molecule has 0 aliphatic carbocycles. The number of rotatable bonds is 6. The molecule has 0 bridgehead atoms. The molecule has 2 aliphatic rings. The van der Waals surface area contributed by atoms with Crippen LogP contribution in [0.1, 0.15) is 32.4 Å². The van der Waals surface area contributed by atoms with E-state index >= 15 is 0 Å². The number of piperazine rings is 1. The van der Waals surface area contributed by atoms with E-state index in [1.165, 1.54) is 4.90 Å². The molecule has 1 aromatic carbocycles. The van der Waals surface area contributed by atoms with E-state index in [9.17, 15) is 14.4 Å². The Hall–Kier alpha value is -2.49. The van der Waals surface area contributed by atoms with Crippen molar-refractivity contribution in [3.8, 4) is 0 Å². The first kappa shape index (κ1) is 26.1. The molecule has 0 radical (unpaired) electrons. The number of nitrogens with zero attached hydrogens (tertiary/aromatic N) is 3. The second kappa shape index (κ2) is 11.3. The molecule has 9 nitrogen and oxygen atoms in total. The van der Waals surface area contributed by atoms with Crippen molar-refractivity contribution in [1.29, 1.82) is 0 Å². The predicted molar refractivity (Wildman–Crippen MR) is 131 cm³/mol. The number of nitrogens with one attached hydrogen (secondary N) is 2. The number of hydrogen-bond acceptors (Lipinski definition) is 5. The highest BCUT2D eigenvalue weighted by Gasteiger charge is 2.38. The van der Waals surface area contributed by atoms with Gasteiger partial charge in [-0.15, -0.1) is 0 Å². The second-order valence-corrected chi connectivity index (χ2v) is 9.12. The predicted octanol–water partition coefficient (Wildman–Crippen LogP) is 3.24. The number of benzene rings is 1. The zero-order valence-electron chi connectivity index (χ0n) is 19.9. The van der Waals surface area contributed by atoms with Gasteiger partial charge in [-0.3, -0.25) is 9.80 Å². The Morgan fingerprint density at radius 2 is 1.94 bits per heavy atom. The van der Waals surface area contributed by atoms with E-state index < -0.39 is 12.0 Å². The summed E-state index contributed by atoms with van der Waals surface area (Å²) in [5.74, 6) is -0.505. The fraction of sp³-hybridized carbons (Fsp3) is 0.522. The average Bonchev–Trinajstić information content (AvgIpc) is 2.79. The standard InChI is InChI=1S/C23H31Cl2N5O4/c1-5-26-22(32)30-10-9-29(12-14(30)3)13-18-19(21(31)34-6-2)20(27-23(33)28(18)4)15-7-8-16(24)17(25)11-15/h7-8,11,14,20H,5-6,9-10,12-13H2,1-4H3,(H,26,32)(H,27,33). The lowest BCUT2D eigenvalue weighted by molar-refractivity contribution is -0.139. The lowest BCUT2D eigenvalue weighted by Gasteiger charge is -2.42. The number of urea groups is 2. The first-order chi connectivity index (χ1) is 16.2. The van der Waals surface area contributed by atoms with E-state index in [2.05, 4.69) is 15.5 Å². The fourth-order valence-electron chi connectivity index (χ4n) is 4.28. The van der Waals surface area contributed by atoms with Gasteiger partial charge in [-0.05, 0) is 38.5 Å². The number of carbonyl (C=O) groups excluding carboxylic acids is 3. The summed E-state index contributed by atoms with van der Waals surface area (Å²) in [6.45, 7) is 8.47. The third-order valence-corrected chi connectivity index (χ3v) is 6.76. The molecular weight excluding hydrogens is 481 g/mol. The maximum atomic E-state index is 13.1. The first-order valence-corrected chi connectivity index (χ1v) is 12.1. The number of ether oxygens (including phenoxy) is 1. The number of carbonyl (C=O) groups is 3. The van der Waals surface area contributed by atoms with E-state index in [-0.39, 0.29) is 24.7 Å². The smallest absolute Gasteiger partial charge is 0.338 e. The first-order valence-electron chi connectivity index (χ1n) is 11.3. The summed E-state index contributed by atoms with van der Waals surface area (Å²) in [7, 11) is 1.63. The molecular formula is C23H31Cl2N5O4. The van der Waals surface area contributed by atoms with Crippen molar-refractivity contribution in [2.45, 2.75) is 32.9 Å². The molecule has 4 amide bonds. The number of esters is 1. The third kappa shape index (κ3) is 5.59. The van der Waals surface area contributed by atoms with Crippen molar-refractivity contribution in [3.05, 3.63) is 45.1 Å². The zero-order valence-corrected chi connectivity index (χ0v) is 21.4. The minimum absolute atomic E-state index is 0.0273. The molecule has 34 heavy (non-hydrogen) atoms. The van der Waals surface area contributed by atoms with Crippen LogP contribution in [0.15, 0.2) is 29.5 Å². The van der Waals surface area contributed by atoms with Crippen LogP contribution >= 0.6 is 23.2 Å². The van der Waals surface area contributed by atoms with E-state index in [0.717, 1.165) is 0 Å². The van der Waals surface area contributed by atoms with E-state index in [4.69, 9.17) is 27.9 Å². The van der Waals surface area contributed by atoms with Crippen LogP contribution in [0.2, 0.25) is 10.0 Å². The molecule has 0 saturated carbocycles. The van der Waals surface area contributed by atoms with Crippen LogP contribution in [-0.2, 0) is 9.53 Å². The third-order valence-electron chi connectivity index (χ3n) is 6.02. The quantitative estimate of drug-likeness (QED) is 0.571. The van der Waals surface area contributed by atoms with Crippen LogP contribution in [0.3, 0.4) is 0 Å². The molecule has 0 aromatic heterocycles. The second-order valence-electron chi connectivity index (χ2n) is 8.31. The van der Waals surface area contributed by atoms with Crippen molar-refractivity contribution in [2.24, 2.45) is 0 Å². The van der Waals surface area contributed by atoms with Gasteiger partial charge in [0, 0.05) is 51.5 Å². The Kier molecular flexibility index (Phi) is 8.67. The van der Waals surface area contributed by atoms with Gasteiger partial charge in [0.05, 0.1) is 28.3 Å². The summed E-state index contributed by atoms with van der Waals surface area (Å²) in [5.41, 5.74) is 1.53. The number of likely N-dealkylation sites (N-methyl/N-ethyl adjacent to an activating group) is 1.